The standard InChI is InChI=1S/C26H50O2/c1-2-3-4-5-6-10-13-16-19-22-26(25-28)23-20-17-14-11-8-7-9-12-15-18-21-24-27/h24-26H,2-23H2,1H3. The average molecular weight is 395 g/mol. The molecule has 0 N–H and O–H groups in total. The second-order valence-electron chi connectivity index (χ2n) is 8.79. The third kappa shape index (κ3) is 21.6. The summed E-state index contributed by atoms with van der Waals surface area (Å²) in [5.74, 6) is 0.316. The van der Waals surface area contributed by atoms with Crippen LogP contribution in [0.15, 0.2) is 0 Å². The molecule has 1 atom stereocenters. The van der Waals surface area contributed by atoms with Crippen molar-refractivity contribution >= 4 is 12.6 Å². The van der Waals surface area contributed by atoms with Crippen LogP contribution in [0.25, 0.3) is 0 Å². The number of hydrogen-bond acceptors (Lipinski definition) is 2. The molecule has 28 heavy (non-hydrogen) atoms. The normalized spacial score (nSPS) is 12.2. The van der Waals surface area contributed by atoms with Crippen molar-refractivity contribution in [3.05, 3.63) is 0 Å². The van der Waals surface area contributed by atoms with Crippen LogP contribution in [0.2, 0.25) is 0 Å². The van der Waals surface area contributed by atoms with Gasteiger partial charge in [0.2, 0.25) is 0 Å². The minimum Gasteiger partial charge on any atom is -0.303 e. The minimum absolute atomic E-state index is 0.316. The molecule has 0 radical (unpaired) electrons. The van der Waals surface area contributed by atoms with Gasteiger partial charge in [-0.3, -0.25) is 0 Å². The third-order valence-electron chi connectivity index (χ3n) is 6.02. The number of rotatable bonds is 24. The van der Waals surface area contributed by atoms with Crippen LogP contribution in [0.5, 0.6) is 0 Å². The van der Waals surface area contributed by atoms with Gasteiger partial charge in [-0.05, 0) is 19.3 Å². The number of carbonyl (C=O) groups excluding carboxylic acids is 2. The van der Waals surface area contributed by atoms with Gasteiger partial charge in [-0.1, -0.05) is 122 Å². The second kappa shape index (κ2) is 24.4. The highest BCUT2D eigenvalue weighted by atomic mass is 16.1. The van der Waals surface area contributed by atoms with Crippen molar-refractivity contribution in [1.82, 2.24) is 0 Å². The molecule has 0 heterocycles. The highest BCUT2D eigenvalue weighted by molar-refractivity contribution is 5.53. The predicted molar refractivity (Wildman–Crippen MR) is 123 cm³/mol. The fourth-order valence-corrected chi connectivity index (χ4v) is 4.05. The van der Waals surface area contributed by atoms with E-state index < -0.39 is 0 Å². The summed E-state index contributed by atoms with van der Waals surface area (Å²) in [6.45, 7) is 2.27. The van der Waals surface area contributed by atoms with Gasteiger partial charge in [-0.15, -0.1) is 0 Å². The van der Waals surface area contributed by atoms with E-state index in [1.807, 2.05) is 0 Å². The van der Waals surface area contributed by atoms with Crippen molar-refractivity contribution in [3.8, 4) is 0 Å². The van der Waals surface area contributed by atoms with Gasteiger partial charge in [0.1, 0.15) is 12.6 Å². The smallest absolute Gasteiger partial charge is 0.123 e. The zero-order valence-corrected chi connectivity index (χ0v) is 19.1. The summed E-state index contributed by atoms with van der Waals surface area (Å²) in [6.07, 6.45) is 30.2. The summed E-state index contributed by atoms with van der Waals surface area (Å²) in [5.41, 5.74) is 0. The lowest BCUT2D eigenvalue weighted by molar-refractivity contribution is -0.111. The Labute approximate surface area is 176 Å². The van der Waals surface area contributed by atoms with Gasteiger partial charge in [0.15, 0.2) is 0 Å². The fraction of sp³-hybridized carbons (Fsp3) is 0.923. The molecule has 0 aromatic heterocycles. The van der Waals surface area contributed by atoms with E-state index in [0.29, 0.717) is 5.92 Å². The van der Waals surface area contributed by atoms with Gasteiger partial charge in [0, 0.05) is 12.3 Å². The zero-order chi connectivity index (χ0) is 20.5. The second-order valence-corrected chi connectivity index (χ2v) is 8.79. The Balaban J connectivity index is 3.29. The van der Waals surface area contributed by atoms with Crippen LogP contribution in [-0.4, -0.2) is 12.6 Å². The van der Waals surface area contributed by atoms with E-state index in [0.717, 1.165) is 32.0 Å². The Morgan fingerprint density at radius 2 is 0.857 bits per heavy atom. The molecular formula is C26H50O2. The average Bonchev–Trinajstić information content (AvgIpc) is 2.71. The molecule has 0 aromatic carbocycles. The van der Waals surface area contributed by atoms with E-state index in [2.05, 4.69) is 6.92 Å². The Morgan fingerprint density at radius 1 is 0.500 bits per heavy atom. The molecule has 0 saturated heterocycles. The lowest BCUT2D eigenvalue weighted by Crippen LogP contribution is -2.02. The summed E-state index contributed by atoms with van der Waals surface area (Å²) in [6, 6.07) is 0. The molecule has 0 aliphatic rings. The minimum atomic E-state index is 0.316. The van der Waals surface area contributed by atoms with Crippen LogP contribution in [0.1, 0.15) is 148 Å². The first kappa shape index (κ1) is 27.3. The van der Waals surface area contributed by atoms with Crippen LogP contribution in [0.3, 0.4) is 0 Å². The zero-order valence-electron chi connectivity index (χ0n) is 19.1. The largest absolute Gasteiger partial charge is 0.303 e. The maximum absolute atomic E-state index is 11.3. The van der Waals surface area contributed by atoms with Crippen molar-refractivity contribution in [2.45, 2.75) is 148 Å². The molecule has 2 heteroatoms. The molecule has 0 fully saturated rings. The molecule has 0 rings (SSSR count). The lowest BCUT2D eigenvalue weighted by atomic mass is 9.95. The maximum Gasteiger partial charge on any atom is 0.123 e. The third-order valence-corrected chi connectivity index (χ3v) is 6.02. The van der Waals surface area contributed by atoms with Gasteiger partial charge < -0.3 is 9.59 Å². The first-order valence-corrected chi connectivity index (χ1v) is 12.7. The Morgan fingerprint density at radius 3 is 1.21 bits per heavy atom. The van der Waals surface area contributed by atoms with Crippen LogP contribution < -0.4 is 0 Å². The SMILES string of the molecule is CCCCCCCCCCCC(C=O)CCCCCCCCCCCCC=O. The van der Waals surface area contributed by atoms with E-state index in [1.165, 1.54) is 122 Å². The van der Waals surface area contributed by atoms with E-state index in [9.17, 15) is 9.59 Å². The van der Waals surface area contributed by atoms with Gasteiger partial charge in [0.05, 0.1) is 0 Å². The molecule has 0 amide bonds. The van der Waals surface area contributed by atoms with Crippen molar-refractivity contribution in [2.24, 2.45) is 5.92 Å². The summed E-state index contributed by atoms with van der Waals surface area (Å²) < 4.78 is 0. The highest BCUT2D eigenvalue weighted by Crippen LogP contribution is 2.18. The number of hydrogen-bond donors (Lipinski definition) is 0. The number of unbranched alkanes of at least 4 members (excludes halogenated alkanes) is 18. The van der Waals surface area contributed by atoms with Crippen molar-refractivity contribution in [2.75, 3.05) is 0 Å². The Kier molecular flexibility index (Phi) is 23.8. The maximum atomic E-state index is 11.3. The molecule has 0 bridgehead atoms. The summed E-state index contributed by atoms with van der Waals surface area (Å²) in [7, 11) is 0. The number of aldehydes is 2. The summed E-state index contributed by atoms with van der Waals surface area (Å²) in [5, 5.41) is 0. The first-order chi connectivity index (χ1) is 13.8. The van der Waals surface area contributed by atoms with Crippen molar-refractivity contribution < 1.29 is 9.59 Å². The van der Waals surface area contributed by atoms with E-state index >= 15 is 0 Å². The van der Waals surface area contributed by atoms with Gasteiger partial charge in [0.25, 0.3) is 0 Å². The Hall–Kier alpha value is -0.660. The molecule has 2 nitrogen and oxygen atoms in total. The van der Waals surface area contributed by atoms with E-state index in [1.54, 1.807) is 0 Å². The fourth-order valence-electron chi connectivity index (χ4n) is 4.05. The molecule has 1 unspecified atom stereocenters. The predicted octanol–water partition coefficient (Wildman–Crippen LogP) is 8.60. The van der Waals surface area contributed by atoms with Gasteiger partial charge in [-0.2, -0.15) is 0 Å². The molecule has 0 aromatic rings. The van der Waals surface area contributed by atoms with Crippen LogP contribution in [-0.2, 0) is 9.59 Å². The van der Waals surface area contributed by atoms with Gasteiger partial charge >= 0.3 is 0 Å². The molecule has 0 saturated carbocycles. The van der Waals surface area contributed by atoms with E-state index in [-0.39, 0.29) is 0 Å². The topological polar surface area (TPSA) is 34.1 Å². The van der Waals surface area contributed by atoms with Crippen molar-refractivity contribution in [1.29, 1.82) is 0 Å². The molecule has 0 aliphatic carbocycles. The van der Waals surface area contributed by atoms with Crippen LogP contribution in [0.4, 0.5) is 0 Å². The molecule has 166 valence electrons. The molecular weight excluding hydrogens is 344 g/mol. The van der Waals surface area contributed by atoms with Crippen LogP contribution in [0, 0.1) is 5.92 Å². The van der Waals surface area contributed by atoms with Crippen LogP contribution >= 0.6 is 0 Å². The summed E-state index contributed by atoms with van der Waals surface area (Å²) in [4.78, 5) is 21.5. The quantitative estimate of drug-likeness (QED) is 0.121. The first-order valence-electron chi connectivity index (χ1n) is 12.7. The molecule has 0 spiro atoms. The highest BCUT2D eigenvalue weighted by Gasteiger charge is 2.06. The van der Waals surface area contributed by atoms with Crippen molar-refractivity contribution in [3.63, 3.8) is 0 Å². The Bertz CT molecular complexity index is 314. The lowest BCUT2D eigenvalue weighted by Gasteiger charge is -2.10. The number of carbonyl (C=O) groups is 2. The molecule has 0 aliphatic heterocycles. The monoisotopic (exact) mass is 394 g/mol. The van der Waals surface area contributed by atoms with Gasteiger partial charge in [-0.25, -0.2) is 0 Å². The van der Waals surface area contributed by atoms with E-state index in [4.69, 9.17) is 0 Å². The summed E-state index contributed by atoms with van der Waals surface area (Å²) >= 11 is 0.